The molecule has 3 rings (SSSR count). The Morgan fingerprint density at radius 2 is 2.21 bits per heavy atom. The number of amides is 1. The van der Waals surface area contributed by atoms with Crippen LogP contribution in [0.5, 0.6) is 0 Å². The standard InChI is InChI=1S/C14H24N2O3/c15-13(17)11-2-1-5-16-12(11)10-3-6-19-14(8-10)4-7-18-9-14/h10-12,16H,1-9H2,(H2,15,17). The maximum atomic E-state index is 11.6. The zero-order valence-corrected chi connectivity index (χ0v) is 11.4. The minimum absolute atomic E-state index is 0.0174. The van der Waals surface area contributed by atoms with E-state index in [4.69, 9.17) is 15.2 Å². The van der Waals surface area contributed by atoms with E-state index in [0.29, 0.717) is 12.5 Å². The zero-order chi connectivity index (χ0) is 13.3. The topological polar surface area (TPSA) is 73.6 Å². The lowest BCUT2D eigenvalue weighted by Gasteiger charge is -2.43. The molecule has 0 aromatic carbocycles. The first kappa shape index (κ1) is 13.3. The Balaban J connectivity index is 1.71. The van der Waals surface area contributed by atoms with Gasteiger partial charge >= 0.3 is 0 Å². The smallest absolute Gasteiger partial charge is 0.222 e. The van der Waals surface area contributed by atoms with Crippen LogP contribution in [0.25, 0.3) is 0 Å². The Bertz CT molecular complexity index is 342. The van der Waals surface area contributed by atoms with Crippen LogP contribution in [0.3, 0.4) is 0 Å². The fraction of sp³-hybridized carbons (Fsp3) is 0.929. The predicted molar refractivity (Wildman–Crippen MR) is 70.6 cm³/mol. The van der Waals surface area contributed by atoms with Gasteiger partial charge in [0, 0.05) is 25.7 Å². The Morgan fingerprint density at radius 3 is 2.95 bits per heavy atom. The summed E-state index contributed by atoms with van der Waals surface area (Å²) in [4.78, 5) is 11.6. The summed E-state index contributed by atoms with van der Waals surface area (Å²) in [6, 6.07) is 0.229. The van der Waals surface area contributed by atoms with E-state index in [0.717, 1.165) is 51.9 Å². The Labute approximate surface area is 114 Å². The average molecular weight is 268 g/mol. The normalized spacial score (nSPS) is 43.5. The van der Waals surface area contributed by atoms with Gasteiger partial charge in [0.05, 0.1) is 18.1 Å². The largest absolute Gasteiger partial charge is 0.378 e. The number of rotatable bonds is 2. The van der Waals surface area contributed by atoms with Crippen LogP contribution in [0.1, 0.15) is 32.1 Å². The average Bonchev–Trinajstić information content (AvgIpc) is 2.86. The van der Waals surface area contributed by atoms with Crippen LogP contribution in [0, 0.1) is 11.8 Å². The van der Waals surface area contributed by atoms with E-state index in [1.807, 2.05) is 0 Å². The molecule has 0 saturated carbocycles. The van der Waals surface area contributed by atoms with Crippen molar-refractivity contribution in [2.75, 3.05) is 26.4 Å². The van der Waals surface area contributed by atoms with Crippen LogP contribution >= 0.6 is 0 Å². The highest BCUT2D eigenvalue weighted by atomic mass is 16.6. The number of nitrogens with two attached hydrogens (primary N) is 1. The molecule has 1 spiro atoms. The van der Waals surface area contributed by atoms with Crippen LogP contribution in [-0.4, -0.2) is 43.9 Å². The molecule has 0 aromatic rings. The molecule has 3 heterocycles. The lowest BCUT2D eigenvalue weighted by Crippen LogP contribution is -2.54. The van der Waals surface area contributed by atoms with E-state index in [1.54, 1.807) is 0 Å². The fourth-order valence-electron chi connectivity index (χ4n) is 3.96. The van der Waals surface area contributed by atoms with Gasteiger partial charge in [0.2, 0.25) is 5.91 Å². The summed E-state index contributed by atoms with van der Waals surface area (Å²) in [5, 5.41) is 3.53. The maximum absolute atomic E-state index is 11.6. The molecule has 5 nitrogen and oxygen atoms in total. The number of carbonyl (C=O) groups is 1. The van der Waals surface area contributed by atoms with Crippen molar-refractivity contribution in [3.8, 4) is 0 Å². The number of ether oxygens (including phenoxy) is 2. The molecule has 3 fully saturated rings. The molecule has 0 bridgehead atoms. The maximum Gasteiger partial charge on any atom is 0.222 e. The van der Waals surface area contributed by atoms with Crippen molar-refractivity contribution in [3.05, 3.63) is 0 Å². The van der Waals surface area contributed by atoms with Crippen molar-refractivity contribution in [2.45, 2.75) is 43.7 Å². The van der Waals surface area contributed by atoms with E-state index in [-0.39, 0.29) is 23.5 Å². The first-order chi connectivity index (χ1) is 9.20. The molecular formula is C14H24N2O3. The molecule has 4 atom stereocenters. The summed E-state index contributed by atoms with van der Waals surface area (Å²) in [6.07, 6.45) is 4.96. The zero-order valence-electron chi connectivity index (χ0n) is 11.4. The van der Waals surface area contributed by atoms with E-state index in [9.17, 15) is 4.79 Å². The van der Waals surface area contributed by atoms with Gasteiger partial charge in [-0.05, 0) is 38.1 Å². The van der Waals surface area contributed by atoms with Gasteiger partial charge in [-0.1, -0.05) is 0 Å². The molecule has 3 saturated heterocycles. The summed E-state index contributed by atoms with van der Waals surface area (Å²) in [7, 11) is 0. The van der Waals surface area contributed by atoms with Gasteiger partial charge in [-0.15, -0.1) is 0 Å². The summed E-state index contributed by atoms with van der Waals surface area (Å²) in [5.41, 5.74) is 5.48. The van der Waals surface area contributed by atoms with Gasteiger partial charge in [-0.3, -0.25) is 4.79 Å². The second kappa shape index (κ2) is 5.38. The number of piperidine rings is 1. The van der Waals surface area contributed by atoms with E-state index < -0.39 is 0 Å². The predicted octanol–water partition coefficient (Wildman–Crippen LogP) is 0.426. The fourth-order valence-corrected chi connectivity index (χ4v) is 3.96. The summed E-state index contributed by atoms with van der Waals surface area (Å²) >= 11 is 0. The summed E-state index contributed by atoms with van der Waals surface area (Å²) in [6.45, 7) is 3.27. The second-order valence-electron chi connectivity index (χ2n) is 6.22. The quantitative estimate of drug-likeness (QED) is 0.761. The number of primary amides is 1. The van der Waals surface area contributed by atoms with Gasteiger partial charge < -0.3 is 20.5 Å². The highest BCUT2D eigenvalue weighted by Crippen LogP contribution is 2.39. The first-order valence-corrected chi connectivity index (χ1v) is 7.45. The van der Waals surface area contributed by atoms with Crippen molar-refractivity contribution in [2.24, 2.45) is 17.6 Å². The first-order valence-electron chi connectivity index (χ1n) is 7.45. The number of hydrogen-bond acceptors (Lipinski definition) is 4. The molecule has 108 valence electrons. The molecule has 5 heteroatoms. The third-order valence-electron chi connectivity index (χ3n) is 4.98. The van der Waals surface area contributed by atoms with Crippen LogP contribution in [0.2, 0.25) is 0 Å². The van der Waals surface area contributed by atoms with E-state index in [2.05, 4.69) is 5.32 Å². The van der Waals surface area contributed by atoms with Crippen molar-refractivity contribution >= 4 is 5.91 Å². The van der Waals surface area contributed by atoms with Crippen LogP contribution < -0.4 is 11.1 Å². The molecule has 3 aliphatic rings. The molecule has 4 unspecified atom stereocenters. The van der Waals surface area contributed by atoms with Gasteiger partial charge in [-0.25, -0.2) is 0 Å². The lowest BCUT2D eigenvalue weighted by atomic mass is 9.74. The Hall–Kier alpha value is -0.650. The van der Waals surface area contributed by atoms with E-state index >= 15 is 0 Å². The SMILES string of the molecule is NC(=O)C1CCCNC1C1CCOC2(CCOC2)C1. The van der Waals surface area contributed by atoms with Gasteiger partial charge in [0.1, 0.15) is 0 Å². The molecule has 19 heavy (non-hydrogen) atoms. The number of hydrogen-bond donors (Lipinski definition) is 2. The van der Waals surface area contributed by atoms with E-state index in [1.165, 1.54) is 0 Å². The Morgan fingerprint density at radius 1 is 1.32 bits per heavy atom. The minimum atomic E-state index is -0.152. The third-order valence-corrected chi connectivity index (χ3v) is 4.98. The number of carbonyl (C=O) groups excluding carboxylic acids is 1. The second-order valence-corrected chi connectivity index (χ2v) is 6.22. The van der Waals surface area contributed by atoms with Crippen molar-refractivity contribution in [1.29, 1.82) is 0 Å². The van der Waals surface area contributed by atoms with Crippen molar-refractivity contribution in [1.82, 2.24) is 5.32 Å². The van der Waals surface area contributed by atoms with Gasteiger partial charge in [0.15, 0.2) is 0 Å². The monoisotopic (exact) mass is 268 g/mol. The molecule has 0 aliphatic carbocycles. The van der Waals surface area contributed by atoms with Gasteiger partial charge in [0.25, 0.3) is 0 Å². The summed E-state index contributed by atoms with van der Waals surface area (Å²) < 4.78 is 11.5. The molecule has 3 aliphatic heterocycles. The van der Waals surface area contributed by atoms with Crippen LogP contribution in [0.15, 0.2) is 0 Å². The molecule has 0 aromatic heterocycles. The minimum Gasteiger partial charge on any atom is -0.378 e. The molecule has 0 radical (unpaired) electrons. The lowest BCUT2D eigenvalue weighted by molar-refractivity contribution is -0.128. The highest BCUT2D eigenvalue weighted by Gasteiger charge is 2.45. The Kier molecular flexibility index (Phi) is 3.78. The number of nitrogens with one attached hydrogen (secondary N) is 1. The van der Waals surface area contributed by atoms with Crippen molar-refractivity contribution < 1.29 is 14.3 Å². The van der Waals surface area contributed by atoms with Crippen molar-refractivity contribution in [3.63, 3.8) is 0 Å². The third kappa shape index (κ3) is 2.64. The van der Waals surface area contributed by atoms with Crippen LogP contribution in [-0.2, 0) is 14.3 Å². The summed E-state index contributed by atoms with van der Waals surface area (Å²) in [5.74, 6) is 0.310. The molecular weight excluding hydrogens is 244 g/mol. The highest BCUT2D eigenvalue weighted by molar-refractivity contribution is 5.77. The van der Waals surface area contributed by atoms with Crippen LogP contribution in [0.4, 0.5) is 0 Å². The van der Waals surface area contributed by atoms with Gasteiger partial charge in [-0.2, -0.15) is 0 Å². The molecule has 3 N–H and O–H groups in total. The molecule has 1 amide bonds.